The Morgan fingerprint density at radius 3 is 1.92 bits per heavy atom. The second kappa shape index (κ2) is 20.4. The quantitative estimate of drug-likeness (QED) is 0.224. The summed E-state index contributed by atoms with van der Waals surface area (Å²) in [5, 5.41) is 20.7. The molecule has 26 heavy (non-hydrogen) atoms. The van der Waals surface area contributed by atoms with E-state index in [1.807, 2.05) is 0 Å². The van der Waals surface area contributed by atoms with Gasteiger partial charge in [-0.05, 0) is 38.5 Å². The van der Waals surface area contributed by atoms with Gasteiger partial charge in [0.15, 0.2) is 0 Å². The molecule has 1 atom stereocenters. The van der Waals surface area contributed by atoms with E-state index < -0.39 is 0 Å². The van der Waals surface area contributed by atoms with Crippen LogP contribution in [0.5, 0.6) is 0 Å². The van der Waals surface area contributed by atoms with Crippen LogP contribution in [0.3, 0.4) is 0 Å². The molecule has 0 radical (unpaired) electrons. The molecule has 1 amide bonds. The predicted octanol–water partition coefficient (Wildman–Crippen LogP) is 4.88. The van der Waals surface area contributed by atoms with Crippen LogP contribution in [-0.4, -0.2) is 35.4 Å². The van der Waals surface area contributed by atoms with Gasteiger partial charge in [0.25, 0.3) is 0 Å². The van der Waals surface area contributed by atoms with Gasteiger partial charge in [0.1, 0.15) is 0 Å². The molecule has 0 aliphatic heterocycles. The maximum Gasteiger partial charge on any atom is 0.220 e. The lowest BCUT2D eigenvalue weighted by Crippen LogP contribution is -2.37. The summed E-state index contributed by atoms with van der Waals surface area (Å²) in [5.41, 5.74) is 0. The summed E-state index contributed by atoms with van der Waals surface area (Å²) in [5.74, 6) is -0.0184. The third-order valence-electron chi connectivity index (χ3n) is 4.73. The van der Waals surface area contributed by atoms with Crippen molar-refractivity contribution in [3.8, 4) is 0 Å². The highest BCUT2D eigenvalue weighted by atomic mass is 16.3. The molecule has 0 spiro atoms. The van der Waals surface area contributed by atoms with Gasteiger partial charge in [0.05, 0.1) is 12.6 Å². The van der Waals surface area contributed by atoms with E-state index in [1.54, 1.807) is 0 Å². The highest BCUT2D eigenvalue weighted by molar-refractivity contribution is 5.76. The SMILES string of the molecule is CCCCCCCC/C=C\CCCCCCCC(=O)N[C@@H](CO)CCO. The van der Waals surface area contributed by atoms with Gasteiger partial charge in [-0.15, -0.1) is 0 Å². The molecule has 0 saturated heterocycles. The molecule has 0 saturated carbocycles. The molecule has 0 heterocycles. The number of hydrogen-bond acceptors (Lipinski definition) is 3. The van der Waals surface area contributed by atoms with Crippen molar-refractivity contribution in [2.24, 2.45) is 0 Å². The molecule has 154 valence electrons. The van der Waals surface area contributed by atoms with Crippen LogP contribution >= 0.6 is 0 Å². The third-order valence-corrected chi connectivity index (χ3v) is 4.73. The van der Waals surface area contributed by atoms with Crippen molar-refractivity contribution in [3.05, 3.63) is 12.2 Å². The molecule has 0 aliphatic carbocycles. The lowest BCUT2D eigenvalue weighted by atomic mass is 10.1. The Labute approximate surface area is 161 Å². The van der Waals surface area contributed by atoms with Crippen molar-refractivity contribution < 1.29 is 15.0 Å². The van der Waals surface area contributed by atoms with Gasteiger partial charge in [0.2, 0.25) is 5.91 Å². The van der Waals surface area contributed by atoms with E-state index in [2.05, 4.69) is 24.4 Å². The largest absolute Gasteiger partial charge is 0.396 e. The van der Waals surface area contributed by atoms with E-state index in [0.29, 0.717) is 12.8 Å². The van der Waals surface area contributed by atoms with E-state index in [0.717, 1.165) is 12.8 Å². The minimum atomic E-state index is -0.310. The van der Waals surface area contributed by atoms with Crippen molar-refractivity contribution in [1.29, 1.82) is 0 Å². The summed E-state index contributed by atoms with van der Waals surface area (Å²) in [6.45, 7) is 2.13. The van der Waals surface area contributed by atoms with E-state index in [-0.39, 0.29) is 25.2 Å². The average Bonchev–Trinajstić information content (AvgIpc) is 2.64. The Bertz CT molecular complexity index is 331. The van der Waals surface area contributed by atoms with E-state index in [1.165, 1.54) is 70.6 Å². The first-order valence-electron chi connectivity index (χ1n) is 10.9. The smallest absolute Gasteiger partial charge is 0.220 e. The minimum absolute atomic E-state index is 0.0150. The molecule has 4 nitrogen and oxygen atoms in total. The number of unbranched alkanes of at least 4 members (excludes halogenated alkanes) is 11. The lowest BCUT2D eigenvalue weighted by molar-refractivity contribution is -0.122. The number of aliphatic hydroxyl groups is 2. The Kier molecular flexibility index (Phi) is 19.8. The first kappa shape index (κ1) is 25.1. The number of nitrogens with one attached hydrogen (secondary N) is 1. The number of hydrogen-bond donors (Lipinski definition) is 3. The van der Waals surface area contributed by atoms with Crippen LogP contribution in [-0.2, 0) is 4.79 Å². The van der Waals surface area contributed by atoms with Crippen LogP contribution < -0.4 is 5.32 Å². The standard InChI is InChI=1S/C22H43NO3/c1-2-3-4-5-6-7-8-9-10-11-12-13-14-15-16-17-22(26)23-21(20-25)18-19-24/h9-10,21,24-25H,2-8,11-20H2,1H3,(H,23,26)/b10-9-/t21-/m1/s1. The molecule has 0 rings (SSSR count). The van der Waals surface area contributed by atoms with Crippen LogP contribution in [0, 0.1) is 0 Å². The Morgan fingerprint density at radius 1 is 0.846 bits per heavy atom. The van der Waals surface area contributed by atoms with Gasteiger partial charge in [0, 0.05) is 13.0 Å². The summed E-state index contributed by atoms with van der Waals surface area (Å²) >= 11 is 0. The van der Waals surface area contributed by atoms with Crippen LogP contribution in [0.1, 0.15) is 103 Å². The van der Waals surface area contributed by atoms with Crippen molar-refractivity contribution >= 4 is 5.91 Å². The van der Waals surface area contributed by atoms with E-state index in [4.69, 9.17) is 10.2 Å². The van der Waals surface area contributed by atoms with Crippen LogP contribution in [0.25, 0.3) is 0 Å². The third kappa shape index (κ3) is 17.9. The maximum absolute atomic E-state index is 11.7. The Balaban J connectivity index is 3.32. The van der Waals surface area contributed by atoms with Crippen molar-refractivity contribution in [2.75, 3.05) is 13.2 Å². The van der Waals surface area contributed by atoms with Gasteiger partial charge in [-0.1, -0.05) is 70.4 Å². The molecule has 0 unspecified atom stereocenters. The van der Waals surface area contributed by atoms with Gasteiger partial charge < -0.3 is 15.5 Å². The van der Waals surface area contributed by atoms with Crippen molar-refractivity contribution in [3.63, 3.8) is 0 Å². The Morgan fingerprint density at radius 2 is 1.38 bits per heavy atom. The first-order valence-corrected chi connectivity index (χ1v) is 10.9. The maximum atomic E-state index is 11.7. The molecule has 0 fully saturated rings. The number of amides is 1. The number of carbonyl (C=O) groups is 1. The van der Waals surface area contributed by atoms with Gasteiger partial charge in [-0.3, -0.25) is 4.79 Å². The Hall–Kier alpha value is -0.870. The van der Waals surface area contributed by atoms with Crippen LogP contribution in [0.2, 0.25) is 0 Å². The number of rotatable bonds is 19. The zero-order valence-electron chi connectivity index (χ0n) is 17.1. The molecule has 0 bridgehead atoms. The summed E-state index contributed by atoms with van der Waals surface area (Å²) in [4.78, 5) is 11.7. The zero-order chi connectivity index (χ0) is 19.3. The molecule has 0 aromatic carbocycles. The van der Waals surface area contributed by atoms with Gasteiger partial charge in [-0.25, -0.2) is 0 Å². The molecular formula is C22H43NO3. The first-order chi connectivity index (χ1) is 12.7. The zero-order valence-corrected chi connectivity index (χ0v) is 17.1. The average molecular weight is 370 g/mol. The minimum Gasteiger partial charge on any atom is -0.396 e. The number of carbonyl (C=O) groups excluding carboxylic acids is 1. The molecule has 0 aliphatic rings. The van der Waals surface area contributed by atoms with Crippen LogP contribution in [0.4, 0.5) is 0 Å². The van der Waals surface area contributed by atoms with Crippen molar-refractivity contribution in [2.45, 2.75) is 109 Å². The normalized spacial score (nSPS) is 12.6. The van der Waals surface area contributed by atoms with E-state index in [9.17, 15) is 4.79 Å². The van der Waals surface area contributed by atoms with E-state index >= 15 is 0 Å². The fourth-order valence-electron chi connectivity index (χ4n) is 3.02. The molecule has 3 N–H and O–H groups in total. The highest BCUT2D eigenvalue weighted by Gasteiger charge is 2.09. The fraction of sp³-hybridized carbons (Fsp3) is 0.864. The summed E-state index contributed by atoms with van der Waals surface area (Å²) in [6, 6.07) is -0.310. The monoisotopic (exact) mass is 369 g/mol. The molecule has 4 heteroatoms. The van der Waals surface area contributed by atoms with Gasteiger partial charge in [-0.2, -0.15) is 0 Å². The topological polar surface area (TPSA) is 69.6 Å². The van der Waals surface area contributed by atoms with Gasteiger partial charge >= 0.3 is 0 Å². The lowest BCUT2D eigenvalue weighted by Gasteiger charge is -2.14. The number of aliphatic hydroxyl groups excluding tert-OH is 2. The second-order valence-electron chi connectivity index (χ2n) is 7.29. The predicted molar refractivity (Wildman–Crippen MR) is 110 cm³/mol. The summed E-state index contributed by atoms with van der Waals surface area (Å²) in [6.07, 6.45) is 21.8. The highest BCUT2D eigenvalue weighted by Crippen LogP contribution is 2.10. The summed E-state index contributed by atoms with van der Waals surface area (Å²) < 4.78 is 0. The fourth-order valence-corrected chi connectivity index (χ4v) is 3.02. The molecule has 0 aromatic rings. The molecule has 0 aromatic heterocycles. The number of allylic oxidation sites excluding steroid dienone is 2. The summed E-state index contributed by atoms with van der Waals surface area (Å²) in [7, 11) is 0. The molecular weight excluding hydrogens is 326 g/mol. The van der Waals surface area contributed by atoms with Crippen LogP contribution in [0.15, 0.2) is 12.2 Å². The second-order valence-corrected chi connectivity index (χ2v) is 7.29. The van der Waals surface area contributed by atoms with Crippen molar-refractivity contribution in [1.82, 2.24) is 5.32 Å².